The lowest BCUT2D eigenvalue weighted by Gasteiger charge is -2.26. The van der Waals surface area contributed by atoms with Crippen LogP contribution in [0.4, 0.5) is 0 Å². The normalized spacial score (nSPS) is 16.3. The van der Waals surface area contributed by atoms with Crippen LogP contribution in [-0.4, -0.2) is 37.1 Å². The van der Waals surface area contributed by atoms with E-state index in [0.29, 0.717) is 0 Å². The Kier molecular flexibility index (Phi) is 7.06. The lowest BCUT2D eigenvalue weighted by molar-refractivity contribution is 0.208. The second-order valence-corrected chi connectivity index (χ2v) is 5.45. The summed E-state index contributed by atoms with van der Waals surface area (Å²) in [4.78, 5) is 2.67. The van der Waals surface area contributed by atoms with Crippen LogP contribution >= 0.6 is 0 Å². The van der Waals surface area contributed by atoms with Crippen LogP contribution in [0.25, 0.3) is 0 Å². The fourth-order valence-corrected chi connectivity index (χ4v) is 2.11. The number of nitrogens with zero attached hydrogens (tertiary/aromatic N) is 1. The molecule has 0 spiro atoms. The molecule has 1 fully saturated rings. The molecule has 16 heavy (non-hydrogen) atoms. The predicted molar refractivity (Wildman–Crippen MR) is 71.8 cm³/mol. The van der Waals surface area contributed by atoms with Crippen molar-refractivity contribution in [3.63, 3.8) is 0 Å². The highest BCUT2D eigenvalue weighted by atomic mass is 15.1. The summed E-state index contributed by atoms with van der Waals surface area (Å²) >= 11 is 0. The van der Waals surface area contributed by atoms with Crippen LogP contribution in [0.15, 0.2) is 0 Å². The zero-order chi connectivity index (χ0) is 11.8. The van der Waals surface area contributed by atoms with Crippen LogP contribution in [-0.2, 0) is 0 Å². The molecule has 0 aromatic carbocycles. The summed E-state index contributed by atoms with van der Waals surface area (Å²) in [5.41, 5.74) is 0. The molecule has 0 heterocycles. The number of unbranched alkanes of at least 4 members (excludes halogenated alkanes) is 2. The SMILES string of the molecule is CCNCCCCCN(CC1CC1)C(C)C. The van der Waals surface area contributed by atoms with Crippen molar-refractivity contribution in [2.45, 2.75) is 58.9 Å². The number of rotatable bonds is 10. The first-order valence-corrected chi connectivity index (χ1v) is 7.18. The van der Waals surface area contributed by atoms with Crippen LogP contribution in [0, 0.1) is 5.92 Å². The molecular weight excluding hydrogens is 196 g/mol. The van der Waals surface area contributed by atoms with Crippen LogP contribution in [0.2, 0.25) is 0 Å². The lowest BCUT2D eigenvalue weighted by Crippen LogP contribution is -2.33. The Balaban J connectivity index is 1.98. The first kappa shape index (κ1) is 14.0. The number of hydrogen-bond acceptors (Lipinski definition) is 2. The molecule has 0 unspecified atom stereocenters. The highest BCUT2D eigenvalue weighted by Crippen LogP contribution is 2.30. The maximum Gasteiger partial charge on any atom is 0.00387 e. The van der Waals surface area contributed by atoms with Gasteiger partial charge in [-0.3, -0.25) is 0 Å². The molecule has 2 nitrogen and oxygen atoms in total. The summed E-state index contributed by atoms with van der Waals surface area (Å²) < 4.78 is 0. The van der Waals surface area contributed by atoms with E-state index in [-0.39, 0.29) is 0 Å². The largest absolute Gasteiger partial charge is 0.317 e. The van der Waals surface area contributed by atoms with Gasteiger partial charge in [-0.1, -0.05) is 13.3 Å². The quantitative estimate of drug-likeness (QED) is 0.576. The van der Waals surface area contributed by atoms with Crippen molar-refractivity contribution in [1.82, 2.24) is 10.2 Å². The van der Waals surface area contributed by atoms with Crippen molar-refractivity contribution >= 4 is 0 Å². The maximum atomic E-state index is 3.39. The second-order valence-electron chi connectivity index (χ2n) is 5.45. The molecule has 96 valence electrons. The van der Waals surface area contributed by atoms with E-state index in [1.165, 1.54) is 51.7 Å². The van der Waals surface area contributed by atoms with Gasteiger partial charge in [0.2, 0.25) is 0 Å². The third-order valence-electron chi connectivity index (χ3n) is 3.47. The van der Waals surface area contributed by atoms with E-state index < -0.39 is 0 Å². The Morgan fingerprint density at radius 2 is 1.94 bits per heavy atom. The van der Waals surface area contributed by atoms with Gasteiger partial charge in [0.05, 0.1) is 0 Å². The van der Waals surface area contributed by atoms with Crippen molar-refractivity contribution < 1.29 is 0 Å². The molecule has 0 aromatic rings. The lowest BCUT2D eigenvalue weighted by atomic mass is 10.2. The topological polar surface area (TPSA) is 15.3 Å². The smallest absolute Gasteiger partial charge is 0.00387 e. The number of nitrogens with one attached hydrogen (secondary N) is 1. The van der Waals surface area contributed by atoms with E-state index in [2.05, 4.69) is 31.0 Å². The molecule has 1 aliphatic rings. The first-order chi connectivity index (χ1) is 7.74. The van der Waals surface area contributed by atoms with E-state index in [0.717, 1.165) is 18.5 Å². The molecule has 0 atom stereocenters. The van der Waals surface area contributed by atoms with Crippen molar-refractivity contribution in [3.8, 4) is 0 Å². The summed E-state index contributed by atoms with van der Waals surface area (Å²) in [5.74, 6) is 1.03. The predicted octanol–water partition coefficient (Wildman–Crippen LogP) is 2.89. The average molecular weight is 226 g/mol. The van der Waals surface area contributed by atoms with E-state index >= 15 is 0 Å². The Morgan fingerprint density at radius 3 is 2.50 bits per heavy atom. The first-order valence-electron chi connectivity index (χ1n) is 7.18. The minimum Gasteiger partial charge on any atom is -0.317 e. The molecular formula is C14H30N2. The summed E-state index contributed by atoms with van der Waals surface area (Å²) in [6, 6.07) is 0.731. The van der Waals surface area contributed by atoms with Crippen LogP contribution < -0.4 is 5.32 Å². The monoisotopic (exact) mass is 226 g/mol. The van der Waals surface area contributed by atoms with Crippen LogP contribution in [0.5, 0.6) is 0 Å². The van der Waals surface area contributed by atoms with Crippen molar-refractivity contribution in [2.24, 2.45) is 5.92 Å². The van der Waals surface area contributed by atoms with Gasteiger partial charge < -0.3 is 10.2 Å². The van der Waals surface area contributed by atoms with Gasteiger partial charge in [-0.05, 0) is 65.1 Å². The van der Waals surface area contributed by atoms with Gasteiger partial charge in [0.15, 0.2) is 0 Å². The highest BCUT2D eigenvalue weighted by Gasteiger charge is 2.24. The standard InChI is InChI=1S/C14H30N2/c1-4-15-10-6-5-7-11-16(13(2)3)12-14-8-9-14/h13-15H,4-12H2,1-3H3. The van der Waals surface area contributed by atoms with Gasteiger partial charge in [-0.25, -0.2) is 0 Å². The van der Waals surface area contributed by atoms with Crippen LogP contribution in [0.1, 0.15) is 52.9 Å². The number of hydrogen-bond donors (Lipinski definition) is 1. The third kappa shape index (κ3) is 6.49. The maximum absolute atomic E-state index is 3.39. The van der Waals surface area contributed by atoms with Crippen LogP contribution in [0.3, 0.4) is 0 Å². The van der Waals surface area contributed by atoms with Crippen molar-refractivity contribution in [1.29, 1.82) is 0 Å². The zero-order valence-corrected chi connectivity index (χ0v) is 11.5. The van der Waals surface area contributed by atoms with Gasteiger partial charge in [-0.2, -0.15) is 0 Å². The zero-order valence-electron chi connectivity index (χ0n) is 11.5. The summed E-state index contributed by atoms with van der Waals surface area (Å²) in [5, 5.41) is 3.39. The van der Waals surface area contributed by atoms with Gasteiger partial charge >= 0.3 is 0 Å². The molecule has 1 saturated carbocycles. The minimum atomic E-state index is 0.731. The molecule has 0 saturated heterocycles. The Bertz CT molecular complexity index is 164. The fraction of sp³-hybridized carbons (Fsp3) is 1.00. The molecule has 2 heteroatoms. The molecule has 0 bridgehead atoms. The molecule has 1 aliphatic carbocycles. The second kappa shape index (κ2) is 8.08. The average Bonchev–Trinajstić information content (AvgIpc) is 3.05. The van der Waals surface area contributed by atoms with E-state index in [1.54, 1.807) is 0 Å². The Hall–Kier alpha value is -0.0800. The summed E-state index contributed by atoms with van der Waals surface area (Å²) in [7, 11) is 0. The fourth-order valence-electron chi connectivity index (χ4n) is 2.11. The summed E-state index contributed by atoms with van der Waals surface area (Å²) in [6.45, 7) is 11.8. The molecule has 0 amide bonds. The Morgan fingerprint density at radius 1 is 1.19 bits per heavy atom. The van der Waals surface area contributed by atoms with Gasteiger partial charge in [0.1, 0.15) is 0 Å². The third-order valence-corrected chi connectivity index (χ3v) is 3.47. The van der Waals surface area contributed by atoms with E-state index in [9.17, 15) is 0 Å². The minimum absolute atomic E-state index is 0.731. The molecule has 0 aliphatic heterocycles. The van der Waals surface area contributed by atoms with Gasteiger partial charge in [-0.15, -0.1) is 0 Å². The van der Waals surface area contributed by atoms with Gasteiger partial charge in [0, 0.05) is 12.6 Å². The highest BCUT2D eigenvalue weighted by molar-refractivity contribution is 4.78. The van der Waals surface area contributed by atoms with Crippen molar-refractivity contribution in [3.05, 3.63) is 0 Å². The van der Waals surface area contributed by atoms with Crippen molar-refractivity contribution in [2.75, 3.05) is 26.2 Å². The molecule has 1 rings (SSSR count). The molecule has 1 N–H and O–H groups in total. The van der Waals surface area contributed by atoms with E-state index in [1.807, 2.05) is 0 Å². The van der Waals surface area contributed by atoms with Gasteiger partial charge in [0.25, 0.3) is 0 Å². The molecule has 0 aromatic heterocycles. The Labute approximate surface area is 102 Å². The van der Waals surface area contributed by atoms with E-state index in [4.69, 9.17) is 0 Å². The molecule has 0 radical (unpaired) electrons. The summed E-state index contributed by atoms with van der Waals surface area (Å²) in [6.07, 6.45) is 7.04.